The number of nitrogens with one attached hydrogen (secondary N) is 1. The molecule has 0 bridgehead atoms. The van der Waals surface area contributed by atoms with Crippen molar-refractivity contribution >= 4 is 40.0 Å². The summed E-state index contributed by atoms with van der Waals surface area (Å²) in [4.78, 5) is 29.6. The first-order valence-corrected chi connectivity index (χ1v) is 9.81. The number of Topliss-reactive ketones (excluding diaryl/α,β-unsaturated/α-hetero) is 1. The maximum Gasteiger partial charge on any atom is 0.252 e. The molecule has 0 fully saturated rings. The van der Waals surface area contributed by atoms with Crippen molar-refractivity contribution in [3.05, 3.63) is 56.6 Å². The number of allylic oxidation sites excluding steroid dienone is 2. The minimum Gasteiger partial charge on any atom is -0.360 e. The number of likely N-dealkylation sites (N-methyl/N-ethyl adjacent to an activating group) is 1. The van der Waals surface area contributed by atoms with Gasteiger partial charge in [0.05, 0.1) is 16.6 Å². The van der Waals surface area contributed by atoms with E-state index in [4.69, 9.17) is 0 Å². The summed E-state index contributed by atoms with van der Waals surface area (Å²) in [7, 11) is 3.94. The minimum absolute atomic E-state index is 0. The Labute approximate surface area is 178 Å². The van der Waals surface area contributed by atoms with Gasteiger partial charge in [-0.2, -0.15) is 0 Å². The van der Waals surface area contributed by atoms with Crippen molar-refractivity contribution < 1.29 is 14.0 Å². The van der Waals surface area contributed by atoms with Gasteiger partial charge in [0.25, 0.3) is 5.91 Å². The predicted octanol–water partition coefficient (Wildman–Crippen LogP) is 2.97. The number of carbonyl (C=O) groups excluding carboxylic acids is 2. The van der Waals surface area contributed by atoms with E-state index in [9.17, 15) is 14.0 Å². The summed E-state index contributed by atoms with van der Waals surface area (Å²) in [5.74, 6) is -0.774. The van der Waals surface area contributed by atoms with Crippen LogP contribution in [-0.4, -0.2) is 55.2 Å². The number of nitrogens with zero attached hydrogens (tertiary/aromatic N) is 2. The van der Waals surface area contributed by atoms with Crippen LogP contribution in [-0.2, 0) is 9.59 Å². The first-order valence-electron chi connectivity index (χ1n) is 9.02. The second kappa shape index (κ2) is 7.97. The normalized spacial score (nSPS) is 21.2. The third-order valence-corrected chi connectivity index (χ3v) is 6.00. The van der Waals surface area contributed by atoms with E-state index in [0.29, 0.717) is 41.6 Å². The Morgan fingerprint density at radius 3 is 2.64 bits per heavy atom. The van der Waals surface area contributed by atoms with Crippen molar-refractivity contribution in [2.24, 2.45) is 0 Å². The highest BCUT2D eigenvalue weighted by atomic mass is 79.9. The van der Waals surface area contributed by atoms with E-state index in [1.165, 1.54) is 6.07 Å². The maximum atomic E-state index is 13.8. The van der Waals surface area contributed by atoms with Crippen molar-refractivity contribution in [2.75, 3.05) is 33.7 Å². The molecular formula is C20H22BrClFN3O2. The number of ketones is 1. The lowest BCUT2D eigenvalue weighted by atomic mass is 9.81. The number of benzene rings is 1. The molecule has 0 saturated carbocycles. The topological polar surface area (TPSA) is 52.7 Å². The number of carbonyl (C=O) groups is 2. The van der Waals surface area contributed by atoms with Gasteiger partial charge in [-0.15, -0.1) is 12.4 Å². The van der Waals surface area contributed by atoms with E-state index in [1.54, 1.807) is 12.1 Å². The summed E-state index contributed by atoms with van der Waals surface area (Å²) in [6.45, 7) is 1.91. The van der Waals surface area contributed by atoms with Crippen molar-refractivity contribution in [2.45, 2.75) is 18.8 Å². The lowest BCUT2D eigenvalue weighted by Gasteiger charge is -2.27. The van der Waals surface area contributed by atoms with Crippen LogP contribution in [0.25, 0.3) is 0 Å². The van der Waals surface area contributed by atoms with Gasteiger partial charge in [0.1, 0.15) is 5.82 Å². The van der Waals surface area contributed by atoms with Crippen LogP contribution in [0.15, 0.2) is 45.2 Å². The second-order valence-corrected chi connectivity index (χ2v) is 8.32. The highest BCUT2D eigenvalue weighted by Gasteiger charge is 2.45. The monoisotopic (exact) mass is 469 g/mol. The van der Waals surface area contributed by atoms with Gasteiger partial charge < -0.3 is 15.1 Å². The van der Waals surface area contributed by atoms with Gasteiger partial charge in [0.2, 0.25) is 0 Å². The highest BCUT2D eigenvalue weighted by Crippen LogP contribution is 2.46. The fourth-order valence-corrected chi connectivity index (χ4v) is 4.44. The maximum absolute atomic E-state index is 13.8. The fraction of sp³-hybridized carbons (Fsp3) is 0.400. The van der Waals surface area contributed by atoms with Crippen molar-refractivity contribution in [3.63, 3.8) is 0 Å². The standard InChI is InChI=1S/C20H21BrFN3O2.ClH/c1-24(2)7-8-25-10-15-19(20(25)27)17(11-3-4-13(22)12(21)9-11)18-14(23-15)5-6-16(18)26;/h3-4,9,17,23H,5-8,10H2,1-2H3;1H. The number of rotatable bonds is 4. The van der Waals surface area contributed by atoms with Crippen LogP contribution in [0.5, 0.6) is 0 Å². The summed E-state index contributed by atoms with van der Waals surface area (Å²) in [5.41, 5.74) is 3.84. The first kappa shape index (κ1) is 21.0. The lowest BCUT2D eigenvalue weighted by molar-refractivity contribution is -0.125. The van der Waals surface area contributed by atoms with Gasteiger partial charge in [-0.1, -0.05) is 6.07 Å². The first-order chi connectivity index (χ1) is 12.9. The summed E-state index contributed by atoms with van der Waals surface area (Å²) in [5, 5.41) is 3.36. The van der Waals surface area contributed by atoms with Crippen LogP contribution < -0.4 is 5.32 Å². The van der Waals surface area contributed by atoms with E-state index in [0.717, 1.165) is 23.5 Å². The Bertz CT molecular complexity index is 913. The van der Waals surface area contributed by atoms with E-state index in [1.807, 2.05) is 23.9 Å². The molecule has 1 amide bonds. The van der Waals surface area contributed by atoms with Crippen LogP contribution in [0.2, 0.25) is 0 Å². The molecule has 0 radical (unpaired) electrons. The number of halogens is 3. The number of dihydropyridines is 1. The summed E-state index contributed by atoms with van der Waals surface area (Å²) in [6, 6.07) is 4.74. The van der Waals surface area contributed by atoms with Crippen LogP contribution in [0.4, 0.5) is 4.39 Å². The smallest absolute Gasteiger partial charge is 0.252 e. The van der Waals surface area contributed by atoms with Crippen molar-refractivity contribution in [1.29, 1.82) is 0 Å². The predicted molar refractivity (Wildman–Crippen MR) is 111 cm³/mol. The van der Waals surface area contributed by atoms with Gasteiger partial charge in [0.15, 0.2) is 5.78 Å². The average molecular weight is 471 g/mol. The van der Waals surface area contributed by atoms with Gasteiger partial charge in [-0.3, -0.25) is 9.59 Å². The van der Waals surface area contributed by atoms with E-state index in [-0.39, 0.29) is 29.9 Å². The minimum atomic E-state index is -0.431. The molecule has 1 atom stereocenters. The molecule has 0 saturated heterocycles. The summed E-state index contributed by atoms with van der Waals surface area (Å²) >= 11 is 3.23. The van der Waals surface area contributed by atoms with Crippen LogP contribution in [0.1, 0.15) is 24.3 Å². The zero-order valence-corrected chi connectivity index (χ0v) is 18.1. The number of hydrogen-bond acceptors (Lipinski definition) is 4. The molecule has 1 aromatic carbocycles. The Kier molecular flexibility index (Phi) is 5.98. The molecule has 4 rings (SSSR count). The Morgan fingerprint density at radius 2 is 1.96 bits per heavy atom. The average Bonchev–Trinajstić information content (AvgIpc) is 3.14. The van der Waals surface area contributed by atoms with E-state index in [2.05, 4.69) is 21.2 Å². The molecule has 8 heteroatoms. The second-order valence-electron chi connectivity index (χ2n) is 7.47. The molecule has 1 unspecified atom stereocenters. The molecule has 3 aliphatic rings. The van der Waals surface area contributed by atoms with Gasteiger partial charge in [0, 0.05) is 42.4 Å². The van der Waals surface area contributed by atoms with Gasteiger partial charge in [-0.05, 0) is 54.1 Å². The molecule has 2 heterocycles. The molecule has 1 aliphatic carbocycles. The number of amides is 1. The highest BCUT2D eigenvalue weighted by molar-refractivity contribution is 9.10. The SMILES string of the molecule is CN(C)CCN1CC2=C(C1=O)C(c1ccc(F)c(Br)c1)C1=C(CCC1=O)N2.Cl. The third-order valence-electron chi connectivity index (χ3n) is 5.39. The van der Waals surface area contributed by atoms with Crippen LogP contribution in [0, 0.1) is 5.82 Å². The molecule has 2 aliphatic heterocycles. The van der Waals surface area contributed by atoms with Crippen LogP contribution >= 0.6 is 28.3 Å². The molecule has 0 spiro atoms. The Hall–Kier alpha value is -1.70. The summed E-state index contributed by atoms with van der Waals surface area (Å²) in [6.07, 6.45) is 1.12. The molecular weight excluding hydrogens is 449 g/mol. The number of hydrogen-bond donors (Lipinski definition) is 1. The molecule has 0 aromatic heterocycles. The van der Waals surface area contributed by atoms with Gasteiger partial charge >= 0.3 is 0 Å². The van der Waals surface area contributed by atoms with E-state index < -0.39 is 5.92 Å². The quantitative estimate of drug-likeness (QED) is 0.735. The third kappa shape index (κ3) is 3.51. The summed E-state index contributed by atoms with van der Waals surface area (Å²) < 4.78 is 14.1. The Balaban J connectivity index is 0.00000225. The fourth-order valence-electron chi connectivity index (χ4n) is 4.05. The molecule has 1 aromatic rings. The zero-order valence-electron chi connectivity index (χ0n) is 15.7. The van der Waals surface area contributed by atoms with Crippen molar-refractivity contribution in [3.8, 4) is 0 Å². The molecule has 150 valence electrons. The van der Waals surface area contributed by atoms with Crippen molar-refractivity contribution in [1.82, 2.24) is 15.1 Å². The lowest BCUT2D eigenvalue weighted by Crippen LogP contribution is -2.35. The zero-order chi connectivity index (χ0) is 19.3. The van der Waals surface area contributed by atoms with E-state index >= 15 is 0 Å². The largest absolute Gasteiger partial charge is 0.360 e. The molecule has 5 nitrogen and oxygen atoms in total. The molecule has 28 heavy (non-hydrogen) atoms. The van der Waals surface area contributed by atoms with Crippen LogP contribution in [0.3, 0.4) is 0 Å². The molecule has 1 N–H and O–H groups in total. The Morgan fingerprint density at radius 1 is 1.21 bits per heavy atom. The van der Waals surface area contributed by atoms with Gasteiger partial charge in [-0.25, -0.2) is 4.39 Å².